The first-order valence-corrected chi connectivity index (χ1v) is 8.25. The molecule has 0 radical (unpaired) electrons. The molecule has 112 valence electrons. The molecule has 4 nitrogen and oxygen atoms in total. The smallest absolute Gasteiger partial charge is 0.311 e. The largest absolute Gasteiger partial charge is 0.466 e. The second-order valence-electron chi connectivity index (χ2n) is 5.21. The SMILES string of the molecule is CCOC(=O)Cc1csc(C(OC)C2CCCCC2)n1. The maximum Gasteiger partial charge on any atom is 0.311 e. The van der Waals surface area contributed by atoms with E-state index in [1.54, 1.807) is 18.4 Å². The van der Waals surface area contributed by atoms with Crippen LogP contribution >= 0.6 is 11.3 Å². The van der Waals surface area contributed by atoms with Crippen LogP contribution in [0.4, 0.5) is 0 Å². The van der Waals surface area contributed by atoms with Gasteiger partial charge in [-0.05, 0) is 25.7 Å². The van der Waals surface area contributed by atoms with Crippen LogP contribution in [-0.4, -0.2) is 24.7 Å². The number of nitrogens with zero attached hydrogens (tertiary/aromatic N) is 1. The van der Waals surface area contributed by atoms with Crippen molar-refractivity contribution in [2.75, 3.05) is 13.7 Å². The van der Waals surface area contributed by atoms with E-state index in [0.717, 1.165) is 10.7 Å². The third kappa shape index (κ3) is 4.03. The molecular weight excluding hydrogens is 274 g/mol. The Balaban J connectivity index is 1.99. The normalized spacial score (nSPS) is 17.9. The molecule has 1 aliphatic rings. The lowest BCUT2D eigenvalue weighted by Crippen LogP contribution is -2.18. The molecule has 0 aliphatic heterocycles. The molecule has 1 aromatic rings. The van der Waals surface area contributed by atoms with E-state index in [1.165, 1.54) is 32.1 Å². The summed E-state index contributed by atoms with van der Waals surface area (Å²) in [6, 6.07) is 0. The fraction of sp³-hybridized carbons (Fsp3) is 0.733. The number of hydrogen-bond acceptors (Lipinski definition) is 5. The highest BCUT2D eigenvalue weighted by atomic mass is 32.1. The molecule has 20 heavy (non-hydrogen) atoms. The second kappa shape index (κ2) is 7.74. The van der Waals surface area contributed by atoms with Gasteiger partial charge in [0.25, 0.3) is 0 Å². The molecule has 5 heteroatoms. The van der Waals surface area contributed by atoms with E-state index in [2.05, 4.69) is 4.98 Å². The van der Waals surface area contributed by atoms with E-state index in [0.29, 0.717) is 12.5 Å². The first-order valence-electron chi connectivity index (χ1n) is 7.37. The van der Waals surface area contributed by atoms with Crippen LogP contribution in [0.1, 0.15) is 55.8 Å². The summed E-state index contributed by atoms with van der Waals surface area (Å²) >= 11 is 1.59. The molecule has 0 saturated heterocycles. The molecule has 1 aliphatic carbocycles. The summed E-state index contributed by atoms with van der Waals surface area (Å²) in [6.07, 6.45) is 6.66. The van der Waals surface area contributed by atoms with Crippen molar-refractivity contribution < 1.29 is 14.3 Å². The van der Waals surface area contributed by atoms with Crippen LogP contribution in [0.2, 0.25) is 0 Å². The van der Waals surface area contributed by atoms with Gasteiger partial charge >= 0.3 is 5.97 Å². The Morgan fingerprint density at radius 2 is 2.20 bits per heavy atom. The molecule has 1 fully saturated rings. The Hall–Kier alpha value is -0.940. The van der Waals surface area contributed by atoms with Crippen LogP contribution < -0.4 is 0 Å². The summed E-state index contributed by atoms with van der Waals surface area (Å²) in [5, 5.41) is 2.94. The van der Waals surface area contributed by atoms with Gasteiger partial charge < -0.3 is 9.47 Å². The standard InChI is InChI=1S/C15H23NO3S/c1-3-19-13(17)9-12-10-20-15(16-12)14(18-2)11-7-5-4-6-8-11/h10-11,14H,3-9H2,1-2H3. The minimum Gasteiger partial charge on any atom is -0.466 e. The molecule has 0 bridgehead atoms. The van der Waals surface area contributed by atoms with E-state index in [1.807, 2.05) is 12.3 Å². The molecule has 1 heterocycles. The van der Waals surface area contributed by atoms with E-state index in [4.69, 9.17) is 9.47 Å². The van der Waals surface area contributed by atoms with E-state index in [9.17, 15) is 4.79 Å². The lowest BCUT2D eigenvalue weighted by Gasteiger charge is -2.27. The number of thiazole rings is 1. The molecule has 0 N–H and O–H groups in total. The minimum atomic E-state index is -0.212. The number of hydrogen-bond donors (Lipinski definition) is 0. The topological polar surface area (TPSA) is 48.4 Å². The number of carbonyl (C=O) groups is 1. The van der Waals surface area contributed by atoms with Crippen LogP contribution in [0.3, 0.4) is 0 Å². The van der Waals surface area contributed by atoms with E-state index in [-0.39, 0.29) is 18.5 Å². The van der Waals surface area contributed by atoms with Gasteiger partial charge in [0.05, 0.1) is 18.7 Å². The summed E-state index contributed by atoms with van der Waals surface area (Å²) in [4.78, 5) is 16.0. The van der Waals surface area contributed by atoms with Crippen molar-refractivity contribution in [3.05, 3.63) is 16.1 Å². The second-order valence-corrected chi connectivity index (χ2v) is 6.10. The average Bonchev–Trinajstić information content (AvgIpc) is 2.89. The third-order valence-corrected chi connectivity index (χ3v) is 4.73. The predicted molar refractivity (Wildman–Crippen MR) is 78.8 cm³/mol. The highest BCUT2D eigenvalue weighted by Crippen LogP contribution is 2.37. The number of carbonyl (C=O) groups excluding carboxylic acids is 1. The van der Waals surface area contributed by atoms with Crippen molar-refractivity contribution in [1.29, 1.82) is 0 Å². The first kappa shape index (κ1) is 15.4. The van der Waals surface area contributed by atoms with Crippen molar-refractivity contribution in [1.82, 2.24) is 4.98 Å². The van der Waals surface area contributed by atoms with Gasteiger partial charge in [0.2, 0.25) is 0 Å². The van der Waals surface area contributed by atoms with Gasteiger partial charge in [0.15, 0.2) is 0 Å². The van der Waals surface area contributed by atoms with Crippen LogP contribution in [0, 0.1) is 5.92 Å². The Morgan fingerprint density at radius 1 is 1.45 bits per heavy atom. The Kier molecular flexibility index (Phi) is 5.98. The number of aromatic nitrogens is 1. The van der Waals surface area contributed by atoms with Gasteiger partial charge in [0.1, 0.15) is 11.1 Å². The summed E-state index contributed by atoms with van der Waals surface area (Å²) < 4.78 is 10.6. The van der Waals surface area contributed by atoms with Gasteiger partial charge in [-0.15, -0.1) is 11.3 Å². The summed E-state index contributed by atoms with van der Waals surface area (Å²) in [6.45, 7) is 2.23. The fourth-order valence-electron chi connectivity index (χ4n) is 2.83. The maximum absolute atomic E-state index is 11.5. The van der Waals surface area contributed by atoms with Gasteiger partial charge in [-0.1, -0.05) is 19.3 Å². The zero-order valence-corrected chi connectivity index (χ0v) is 13.1. The van der Waals surface area contributed by atoms with Crippen LogP contribution in [0.5, 0.6) is 0 Å². The van der Waals surface area contributed by atoms with E-state index >= 15 is 0 Å². The van der Waals surface area contributed by atoms with Gasteiger partial charge in [-0.25, -0.2) is 4.98 Å². The Labute approximate surface area is 124 Å². The van der Waals surface area contributed by atoms with Crippen molar-refractivity contribution >= 4 is 17.3 Å². The van der Waals surface area contributed by atoms with Gasteiger partial charge in [-0.3, -0.25) is 4.79 Å². The fourth-order valence-corrected chi connectivity index (χ4v) is 3.81. The summed E-state index contributed by atoms with van der Waals surface area (Å²) in [5.41, 5.74) is 0.793. The number of methoxy groups -OCH3 is 1. The van der Waals surface area contributed by atoms with Crippen molar-refractivity contribution in [3.8, 4) is 0 Å². The van der Waals surface area contributed by atoms with Crippen molar-refractivity contribution in [2.45, 2.75) is 51.6 Å². The number of rotatable bonds is 6. The third-order valence-electron chi connectivity index (χ3n) is 3.78. The molecule has 0 aromatic carbocycles. The zero-order chi connectivity index (χ0) is 14.4. The lowest BCUT2D eigenvalue weighted by atomic mass is 9.85. The predicted octanol–water partition coefficient (Wildman–Crippen LogP) is 3.52. The van der Waals surface area contributed by atoms with Crippen molar-refractivity contribution in [2.24, 2.45) is 5.92 Å². The molecule has 1 aromatic heterocycles. The van der Waals surface area contributed by atoms with Gasteiger partial charge in [-0.2, -0.15) is 0 Å². The highest BCUT2D eigenvalue weighted by Gasteiger charge is 2.27. The van der Waals surface area contributed by atoms with Crippen LogP contribution in [-0.2, 0) is 20.7 Å². The Bertz CT molecular complexity index is 427. The number of esters is 1. The van der Waals surface area contributed by atoms with E-state index < -0.39 is 0 Å². The zero-order valence-electron chi connectivity index (χ0n) is 12.3. The summed E-state index contributed by atoms with van der Waals surface area (Å²) in [7, 11) is 1.76. The summed E-state index contributed by atoms with van der Waals surface area (Å²) in [5.74, 6) is 0.353. The molecule has 0 amide bonds. The lowest BCUT2D eigenvalue weighted by molar-refractivity contribution is -0.142. The van der Waals surface area contributed by atoms with Crippen LogP contribution in [0.25, 0.3) is 0 Å². The molecule has 1 saturated carbocycles. The Morgan fingerprint density at radius 3 is 2.85 bits per heavy atom. The molecule has 1 atom stereocenters. The molecule has 2 rings (SSSR count). The van der Waals surface area contributed by atoms with Crippen molar-refractivity contribution in [3.63, 3.8) is 0 Å². The van der Waals surface area contributed by atoms with Crippen LogP contribution in [0.15, 0.2) is 5.38 Å². The average molecular weight is 297 g/mol. The molecule has 0 spiro atoms. The molecular formula is C15H23NO3S. The minimum absolute atomic E-state index is 0.0799. The monoisotopic (exact) mass is 297 g/mol. The first-order chi connectivity index (χ1) is 9.74. The molecule has 1 unspecified atom stereocenters. The highest BCUT2D eigenvalue weighted by molar-refractivity contribution is 7.09. The quantitative estimate of drug-likeness (QED) is 0.754. The van der Waals surface area contributed by atoms with Gasteiger partial charge in [0, 0.05) is 12.5 Å². The number of ether oxygens (including phenoxy) is 2. The maximum atomic E-state index is 11.5.